The molecule has 1 nitrogen and oxygen atoms in total. The third-order valence-corrected chi connectivity index (χ3v) is 3.35. The van der Waals surface area contributed by atoms with Crippen LogP contribution < -0.4 is 5.73 Å². The van der Waals surface area contributed by atoms with Gasteiger partial charge in [0.2, 0.25) is 0 Å². The Morgan fingerprint density at radius 2 is 2.00 bits per heavy atom. The van der Waals surface area contributed by atoms with E-state index in [0.29, 0.717) is 12.0 Å². The Bertz CT molecular complexity index is 285. The predicted molar refractivity (Wildman–Crippen MR) is 54.1 cm³/mol. The molecule has 2 unspecified atom stereocenters. The van der Waals surface area contributed by atoms with E-state index < -0.39 is 0 Å². The molecule has 2 heteroatoms. The van der Waals surface area contributed by atoms with E-state index >= 15 is 0 Å². The van der Waals surface area contributed by atoms with E-state index in [-0.39, 0.29) is 0 Å². The van der Waals surface area contributed by atoms with Crippen LogP contribution in [0.4, 0.5) is 0 Å². The Hall–Kier alpha value is -0.340. The van der Waals surface area contributed by atoms with Gasteiger partial charge in [0.05, 0.1) is 0 Å². The average Bonchev–Trinajstić information content (AvgIpc) is 2.06. The van der Waals surface area contributed by atoms with Crippen molar-refractivity contribution < 1.29 is 0 Å². The molecule has 2 N–H and O–H groups in total. The standard InChI is InChI=1S/C10H12BrN/c11-9-4-2-1-3-7(9)8-5-6-10(8)12/h1-4,8,10H,5-6,12H2. The number of halogens is 1. The van der Waals surface area contributed by atoms with Crippen molar-refractivity contribution in [1.82, 2.24) is 0 Å². The number of hydrogen-bond donors (Lipinski definition) is 1. The zero-order valence-electron chi connectivity index (χ0n) is 6.83. The maximum Gasteiger partial charge on any atom is 0.0210 e. The number of benzene rings is 1. The van der Waals surface area contributed by atoms with Gasteiger partial charge < -0.3 is 5.73 Å². The van der Waals surface area contributed by atoms with Gasteiger partial charge in [-0.1, -0.05) is 34.1 Å². The van der Waals surface area contributed by atoms with Gasteiger partial charge in [-0.2, -0.15) is 0 Å². The molecule has 1 aliphatic carbocycles. The van der Waals surface area contributed by atoms with Crippen molar-refractivity contribution in [2.45, 2.75) is 24.8 Å². The van der Waals surface area contributed by atoms with Crippen LogP contribution >= 0.6 is 15.9 Å². The summed E-state index contributed by atoms with van der Waals surface area (Å²) in [6.45, 7) is 0. The van der Waals surface area contributed by atoms with E-state index in [2.05, 4.69) is 34.1 Å². The lowest BCUT2D eigenvalue weighted by Gasteiger charge is -2.34. The van der Waals surface area contributed by atoms with Crippen molar-refractivity contribution >= 4 is 15.9 Å². The Kier molecular flexibility index (Phi) is 2.20. The molecule has 2 rings (SSSR count). The zero-order valence-corrected chi connectivity index (χ0v) is 8.42. The maximum absolute atomic E-state index is 5.90. The highest BCUT2D eigenvalue weighted by Crippen LogP contribution is 2.38. The third-order valence-electron chi connectivity index (χ3n) is 2.63. The summed E-state index contributed by atoms with van der Waals surface area (Å²) in [5, 5.41) is 0. The lowest BCUT2D eigenvalue weighted by Crippen LogP contribution is -2.37. The van der Waals surface area contributed by atoms with Crippen LogP contribution in [0.3, 0.4) is 0 Å². The maximum atomic E-state index is 5.90. The van der Waals surface area contributed by atoms with Crippen LogP contribution in [-0.4, -0.2) is 6.04 Å². The molecule has 0 amide bonds. The summed E-state index contributed by atoms with van der Waals surface area (Å²) in [4.78, 5) is 0. The molecule has 1 aliphatic rings. The minimum absolute atomic E-state index is 0.378. The topological polar surface area (TPSA) is 26.0 Å². The quantitative estimate of drug-likeness (QED) is 0.782. The minimum atomic E-state index is 0.378. The van der Waals surface area contributed by atoms with Gasteiger partial charge in [-0.05, 0) is 24.5 Å². The van der Waals surface area contributed by atoms with Crippen LogP contribution in [0.2, 0.25) is 0 Å². The van der Waals surface area contributed by atoms with Gasteiger partial charge >= 0.3 is 0 Å². The van der Waals surface area contributed by atoms with Crippen LogP contribution in [0.5, 0.6) is 0 Å². The summed E-state index contributed by atoms with van der Waals surface area (Å²) in [6, 6.07) is 8.74. The fraction of sp³-hybridized carbons (Fsp3) is 0.400. The second-order valence-electron chi connectivity index (χ2n) is 3.37. The smallest absolute Gasteiger partial charge is 0.0210 e. The molecule has 0 saturated heterocycles. The van der Waals surface area contributed by atoms with Crippen molar-refractivity contribution in [3.63, 3.8) is 0 Å². The molecule has 1 aromatic carbocycles. The summed E-state index contributed by atoms with van der Waals surface area (Å²) >= 11 is 3.54. The Morgan fingerprint density at radius 1 is 1.25 bits per heavy atom. The van der Waals surface area contributed by atoms with Crippen LogP contribution in [0.25, 0.3) is 0 Å². The molecule has 0 radical (unpaired) electrons. The first-order valence-electron chi connectivity index (χ1n) is 4.29. The van der Waals surface area contributed by atoms with E-state index in [1.807, 2.05) is 6.07 Å². The normalized spacial score (nSPS) is 28.2. The van der Waals surface area contributed by atoms with Crippen molar-refractivity contribution in [3.8, 4) is 0 Å². The monoisotopic (exact) mass is 225 g/mol. The average molecular weight is 226 g/mol. The SMILES string of the molecule is NC1CCC1c1ccccc1Br. The second-order valence-corrected chi connectivity index (χ2v) is 4.22. The first-order chi connectivity index (χ1) is 5.79. The Balaban J connectivity index is 2.27. The molecule has 0 bridgehead atoms. The highest BCUT2D eigenvalue weighted by Gasteiger charge is 2.29. The number of hydrogen-bond acceptors (Lipinski definition) is 1. The highest BCUT2D eigenvalue weighted by atomic mass is 79.9. The van der Waals surface area contributed by atoms with Gasteiger partial charge in [0, 0.05) is 16.4 Å². The fourth-order valence-electron chi connectivity index (χ4n) is 1.69. The van der Waals surface area contributed by atoms with E-state index in [9.17, 15) is 0 Å². The second kappa shape index (κ2) is 3.19. The first-order valence-corrected chi connectivity index (χ1v) is 5.08. The summed E-state index contributed by atoms with van der Waals surface area (Å²) < 4.78 is 1.20. The largest absolute Gasteiger partial charge is 0.327 e. The third kappa shape index (κ3) is 1.29. The van der Waals surface area contributed by atoms with Gasteiger partial charge in [0.25, 0.3) is 0 Å². The minimum Gasteiger partial charge on any atom is -0.327 e. The number of rotatable bonds is 1. The van der Waals surface area contributed by atoms with Gasteiger partial charge in [0.1, 0.15) is 0 Å². The van der Waals surface area contributed by atoms with Crippen molar-refractivity contribution in [1.29, 1.82) is 0 Å². The van der Waals surface area contributed by atoms with Crippen LogP contribution in [-0.2, 0) is 0 Å². The molecule has 0 spiro atoms. The Morgan fingerprint density at radius 3 is 2.50 bits per heavy atom. The van der Waals surface area contributed by atoms with Gasteiger partial charge in [-0.3, -0.25) is 0 Å². The molecule has 64 valence electrons. The van der Waals surface area contributed by atoms with Crippen LogP contribution in [0.15, 0.2) is 28.7 Å². The molecule has 0 heterocycles. The lowest BCUT2D eigenvalue weighted by molar-refractivity contribution is 0.346. The number of nitrogens with two attached hydrogens (primary N) is 1. The summed E-state index contributed by atoms with van der Waals surface area (Å²) in [7, 11) is 0. The molecule has 0 aromatic heterocycles. The van der Waals surface area contributed by atoms with E-state index in [0.717, 1.165) is 0 Å². The molecular formula is C10H12BrN. The molecule has 12 heavy (non-hydrogen) atoms. The van der Waals surface area contributed by atoms with Crippen molar-refractivity contribution in [2.75, 3.05) is 0 Å². The van der Waals surface area contributed by atoms with Gasteiger partial charge in [-0.15, -0.1) is 0 Å². The molecule has 2 atom stereocenters. The summed E-state index contributed by atoms with van der Waals surface area (Å²) in [5.74, 6) is 0.584. The molecule has 0 aliphatic heterocycles. The summed E-state index contributed by atoms with van der Waals surface area (Å²) in [5.41, 5.74) is 7.27. The van der Waals surface area contributed by atoms with Crippen LogP contribution in [0, 0.1) is 0 Å². The summed E-state index contributed by atoms with van der Waals surface area (Å²) in [6.07, 6.45) is 2.41. The molecule has 1 fully saturated rings. The van der Waals surface area contributed by atoms with E-state index in [1.165, 1.54) is 22.9 Å². The van der Waals surface area contributed by atoms with E-state index in [4.69, 9.17) is 5.73 Å². The first kappa shape index (κ1) is 8.27. The van der Waals surface area contributed by atoms with Gasteiger partial charge in [0.15, 0.2) is 0 Å². The molecule has 1 aromatic rings. The predicted octanol–water partition coefficient (Wildman–Crippen LogP) is 2.65. The van der Waals surface area contributed by atoms with Crippen LogP contribution in [0.1, 0.15) is 24.3 Å². The molecule has 1 saturated carbocycles. The Labute approximate surface area is 81.1 Å². The van der Waals surface area contributed by atoms with E-state index in [1.54, 1.807) is 0 Å². The highest BCUT2D eigenvalue weighted by molar-refractivity contribution is 9.10. The molecular weight excluding hydrogens is 214 g/mol. The zero-order chi connectivity index (χ0) is 8.55. The van der Waals surface area contributed by atoms with Gasteiger partial charge in [-0.25, -0.2) is 0 Å². The van der Waals surface area contributed by atoms with Crippen molar-refractivity contribution in [2.24, 2.45) is 5.73 Å². The lowest BCUT2D eigenvalue weighted by atomic mass is 9.76. The fourth-order valence-corrected chi connectivity index (χ4v) is 2.27. The van der Waals surface area contributed by atoms with Crippen molar-refractivity contribution in [3.05, 3.63) is 34.3 Å².